The summed E-state index contributed by atoms with van der Waals surface area (Å²) in [6.45, 7) is 6.88. The number of esters is 1. The van der Waals surface area contributed by atoms with Crippen molar-refractivity contribution in [2.24, 2.45) is 5.41 Å². The normalized spacial score (nSPS) is 32.8. The van der Waals surface area contributed by atoms with Gasteiger partial charge in [0.15, 0.2) is 11.5 Å². The van der Waals surface area contributed by atoms with Gasteiger partial charge < -0.3 is 19.1 Å². The molecule has 6 heteroatoms. The number of anilines is 1. The molecule has 3 aliphatic heterocycles. The average Bonchev–Trinajstić information content (AvgIpc) is 3.31. The summed E-state index contributed by atoms with van der Waals surface area (Å²) in [6, 6.07) is 4.72. The molecule has 6 nitrogen and oxygen atoms in total. The van der Waals surface area contributed by atoms with E-state index in [2.05, 4.69) is 34.6 Å². The van der Waals surface area contributed by atoms with Gasteiger partial charge in [0.2, 0.25) is 0 Å². The van der Waals surface area contributed by atoms with Crippen LogP contribution in [0.4, 0.5) is 5.69 Å². The van der Waals surface area contributed by atoms with Crippen LogP contribution in [-0.2, 0) is 14.9 Å². The van der Waals surface area contributed by atoms with Crippen molar-refractivity contribution in [3.8, 4) is 11.5 Å². The Morgan fingerprint density at radius 2 is 2.06 bits per heavy atom. The molecule has 3 heterocycles. The third kappa shape index (κ3) is 2.57. The topological polar surface area (TPSA) is 51.2 Å². The first-order valence-electron chi connectivity index (χ1n) is 11.2. The lowest BCUT2D eigenvalue weighted by Crippen LogP contribution is -2.63. The summed E-state index contributed by atoms with van der Waals surface area (Å²) in [7, 11) is 4.89. The molecule has 2 saturated heterocycles. The van der Waals surface area contributed by atoms with Gasteiger partial charge in [-0.15, -0.1) is 6.58 Å². The zero-order valence-corrected chi connectivity index (χ0v) is 18.7. The van der Waals surface area contributed by atoms with Crippen molar-refractivity contribution >= 4 is 11.7 Å². The number of ether oxygens (including phenoxy) is 3. The molecule has 0 bridgehead atoms. The number of hydrogen-bond acceptors (Lipinski definition) is 6. The van der Waals surface area contributed by atoms with E-state index in [0.717, 1.165) is 56.1 Å². The number of methoxy groups -OCH3 is 3. The van der Waals surface area contributed by atoms with E-state index in [0.29, 0.717) is 6.42 Å². The molecule has 2 fully saturated rings. The molecule has 1 aromatic carbocycles. The lowest BCUT2D eigenvalue weighted by Gasteiger charge is -2.55. The maximum Gasteiger partial charge on any atom is 0.306 e. The fourth-order valence-corrected chi connectivity index (χ4v) is 7.19. The molecule has 0 radical (unpaired) electrons. The van der Waals surface area contributed by atoms with Crippen molar-refractivity contribution < 1.29 is 19.0 Å². The van der Waals surface area contributed by atoms with Crippen molar-refractivity contribution in [1.29, 1.82) is 0 Å². The molecule has 166 valence electrons. The Morgan fingerprint density at radius 1 is 1.23 bits per heavy atom. The van der Waals surface area contributed by atoms with Crippen LogP contribution < -0.4 is 14.4 Å². The monoisotopic (exact) mass is 424 g/mol. The number of carbonyl (C=O) groups is 1. The molecular formula is C25H32N2O4. The highest BCUT2D eigenvalue weighted by atomic mass is 16.5. The Balaban J connectivity index is 1.75. The molecule has 4 aliphatic rings. The maximum atomic E-state index is 12.5. The molecule has 1 spiro atoms. The smallest absolute Gasteiger partial charge is 0.306 e. The molecule has 0 saturated carbocycles. The number of piperidine rings is 1. The predicted molar refractivity (Wildman–Crippen MR) is 120 cm³/mol. The summed E-state index contributed by atoms with van der Waals surface area (Å²) in [5.41, 5.74) is 2.12. The van der Waals surface area contributed by atoms with Crippen LogP contribution in [0.2, 0.25) is 0 Å². The second kappa shape index (κ2) is 7.30. The largest absolute Gasteiger partial charge is 0.493 e. The molecular weight excluding hydrogens is 392 g/mol. The molecule has 0 unspecified atom stereocenters. The van der Waals surface area contributed by atoms with E-state index in [1.807, 2.05) is 12.1 Å². The summed E-state index contributed by atoms with van der Waals surface area (Å²) in [4.78, 5) is 17.6. The molecule has 0 aromatic heterocycles. The van der Waals surface area contributed by atoms with E-state index in [9.17, 15) is 4.79 Å². The highest BCUT2D eigenvalue weighted by Gasteiger charge is 2.67. The summed E-state index contributed by atoms with van der Waals surface area (Å²) in [5, 5.41) is 0. The van der Waals surface area contributed by atoms with Gasteiger partial charge in [-0.3, -0.25) is 9.69 Å². The fraction of sp³-hybridized carbons (Fsp3) is 0.560. The summed E-state index contributed by atoms with van der Waals surface area (Å²) >= 11 is 0. The Bertz CT molecular complexity index is 944. The van der Waals surface area contributed by atoms with Gasteiger partial charge in [-0.05, 0) is 44.0 Å². The van der Waals surface area contributed by atoms with Gasteiger partial charge >= 0.3 is 5.97 Å². The van der Waals surface area contributed by atoms with E-state index >= 15 is 0 Å². The van der Waals surface area contributed by atoms with Gasteiger partial charge in [0, 0.05) is 23.4 Å². The minimum Gasteiger partial charge on any atom is -0.493 e. The van der Waals surface area contributed by atoms with Crippen molar-refractivity contribution in [2.45, 2.75) is 43.2 Å². The van der Waals surface area contributed by atoms with E-state index in [1.54, 1.807) is 14.2 Å². The van der Waals surface area contributed by atoms with Crippen molar-refractivity contribution in [3.05, 3.63) is 42.5 Å². The lowest BCUT2D eigenvalue weighted by molar-refractivity contribution is -0.145. The van der Waals surface area contributed by atoms with E-state index < -0.39 is 0 Å². The Hall–Kier alpha value is -2.47. The number of carbonyl (C=O) groups excluding carboxylic acids is 1. The van der Waals surface area contributed by atoms with Crippen LogP contribution in [-0.4, -0.2) is 63.9 Å². The Kier molecular flexibility index (Phi) is 4.81. The number of hydrogen-bond donors (Lipinski definition) is 0. The van der Waals surface area contributed by atoms with E-state index in [-0.39, 0.29) is 28.9 Å². The minimum absolute atomic E-state index is 0.0961. The quantitative estimate of drug-likeness (QED) is 0.516. The zero-order valence-electron chi connectivity index (χ0n) is 18.7. The zero-order chi connectivity index (χ0) is 21.8. The van der Waals surface area contributed by atoms with Crippen molar-refractivity contribution in [3.63, 3.8) is 0 Å². The highest BCUT2D eigenvalue weighted by molar-refractivity contribution is 5.79. The molecule has 5 rings (SSSR count). The molecule has 31 heavy (non-hydrogen) atoms. The van der Waals surface area contributed by atoms with Gasteiger partial charge in [-0.2, -0.15) is 0 Å². The van der Waals surface area contributed by atoms with Gasteiger partial charge in [-0.1, -0.05) is 24.3 Å². The van der Waals surface area contributed by atoms with Crippen LogP contribution in [0.3, 0.4) is 0 Å². The van der Waals surface area contributed by atoms with E-state index in [1.165, 1.54) is 12.7 Å². The van der Waals surface area contributed by atoms with Gasteiger partial charge in [0.25, 0.3) is 0 Å². The summed E-state index contributed by atoms with van der Waals surface area (Å²) < 4.78 is 16.7. The lowest BCUT2D eigenvalue weighted by atomic mass is 9.55. The highest BCUT2D eigenvalue weighted by Crippen LogP contribution is 2.65. The third-order valence-corrected chi connectivity index (χ3v) is 8.11. The Morgan fingerprint density at radius 3 is 2.77 bits per heavy atom. The SMILES string of the molecule is C=CCN1c2c(ccc(OC)c2OC)[C@]23CCN4CCC[C@](CC(=O)OC)(C=C[C@@H]12)[C@@H]43. The van der Waals surface area contributed by atoms with Gasteiger partial charge in [0.1, 0.15) is 0 Å². The molecule has 0 amide bonds. The van der Waals surface area contributed by atoms with E-state index in [4.69, 9.17) is 14.2 Å². The number of rotatable bonds is 6. The number of fused-ring (bicyclic) bond motifs is 1. The van der Waals surface area contributed by atoms with Gasteiger partial charge in [-0.25, -0.2) is 0 Å². The molecule has 0 N–H and O–H groups in total. The van der Waals surface area contributed by atoms with Crippen LogP contribution in [0.5, 0.6) is 11.5 Å². The summed E-state index contributed by atoms with van der Waals surface area (Å²) in [6.07, 6.45) is 10.3. The maximum absolute atomic E-state index is 12.5. The molecule has 1 aromatic rings. The first kappa shape index (κ1) is 20.4. The molecule has 1 aliphatic carbocycles. The average molecular weight is 425 g/mol. The fourth-order valence-electron chi connectivity index (χ4n) is 7.19. The number of benzene rings is 1. The first-order chi connectivity index (χ1) is 15.1. The third-order valence-electron chi connectivity index (χ3n) is 8.11. The van der Waals surface area contributed by atoms with Crippen LogP contribution in [0, 0.1) is 5.41 Å². The Labute approximate surface area is 184 Å². The minimum atomic E-state index is -0.201. The van der Waals surface area contributed by atoms with Crippen LogP contribution in [0.1, 0.15) is 31.2 Å². The van der Waals surface area contributed by atoms with Crippen molar-refractivity contribution in [2.75, 3.05) is 45.9 Å². The second-order valence-corrected chi connectivity index (χ2v) is 9.26. The van der Waals surface area contributed by atoms with Crippen LogP contribution in [0.15, 0.2) is 36.9 Å². The second-order valence-electron chi connectivity index (χ2n) is 9.26. The van der Waals surface area contributed by atoms with Gasteiger partial charge in [0.05, 0.1) is 39.5 Å². The standard InChI is InChI=1S/C25H32N2O4/c1-5-13-27-19-9-11-24(16-20(28)30-3)10-6-14-26-15-12-25(19,23(24)26)17-7-8-18(29-2)22(31-4)21(17)27/h5,7-9,11,19,23H,1,6,10,12-16H2,2-4H3/t19-,23-,24-,25-/m1/s1. The van der Waals surface area contributed by atoms with Crippen LogP contribution >= 0.6 is 0 Å². The molecule has 4 atom stereocenters. The predicted octanol–water partition coefficient (Wildman–Crippen LogP) is 3.30. The number of nitrogens with zero attached hydrogens (tertiary/aromatic N) is 2. The van der Waals surface area contributed by atoms with Crippen LogP contribution in [0.25, 0.3) is 0 Å². The summed E-state index contributed by atoms with van der Waals surface area (Å²) in [5.74, 6) is 1.40. The van der Waals surface area contributed by atoms with Crippen molar-refractivity contribution in [1.82, 2.24) is 4.90 Å². The first-order valence-corrected chi connectivity index (χ1v) is 11.2.